The van der Waals surface area contributed by atoms with E-state index < -0.39 is 6.10 Å². The van der Waals surface area contributed by atoms with Gasteiger partial charge >= 0.3 is 0 Å². The number of hydrogen-bond donors (Lipinski definition) is 1. The van der Waals surface area contributed by atoms with Crippen LogP contribution in [0.4, 0.5) is 0 Å². The van der Waals surface area contributed by atoms with E-state index in [0.717, 1.165) is 37.2 Å². The largest absolute Gasteiger partial charge is 0.474 e. The summed E-state index contributed by atoms with van der Waals surface area (Å²) < 4.78 is 5.73. The lowest BCUT2D eigenvalue weighted by molar-refractivity contribution is 0.0391. The zero-order valence-electron chi connectivity index (χ0n) is 19.2. The lowest BCUT2D eigenvalue weighted by Crippen LogP contribution is -2.50. The summed E-state index contributed by atoms with van der Waals surface area (Å²) in [5.74, 6) is 0.441. The number of aromatic nitrogens is 2. The van der Waals surface area contributed by atoms with Crippen molar-refractivity contribution in [2.45, 2.75) is 12.1 Å². The number of para-hydroxylation sites is 2. The van der Waals surface area contributed by atoms with Crippen LogP contribution in [0, 0.1) is 0 Å². The van der Waals surface area contributed by atoms with Gasteiger partial charge in [-0.15, -0.1) is 0 Å². The van der Waals surface area contributed by atoms with E-state index in [1.54, 1.807) is 6.20 Å². The molecule has 1 aliphatic rings. The molecule has 1 aromatic heterocycles. The molecule has 174 valence electrons. The molecular formula is C28H30N4O2. The Hall–Kier alpha value is -3.32. The predicted molar refractivity (Wildman–Crippen MR) is 134 cm³/mol. The first-order chi connectivity index (χ1) is 16.8. The third-order valence-electron chi connectivity index (χ3n) is 6.32. The molecule has 6 nitrogen and oxygen atoms in total. The number of aliphatic hydroxyl groups excluding tert-OH is 1. The molecule has 1 saturated heterocycles. The Morgan fingerprint density at radius 1 is 0.765 bits per heavy atom. The van der Waals surface area contributed by atoms with Gasteiger partial charge in [-0.25, -0.2) is 9.97 Å². The Bertz CT molecular complexity index is 1140. The lowest BCUT2D eigenvalue weighted by Gasteiger charge is -2.40. The van der Waals surface area contributed by atoms with Crippen LogP contribution in [-0.2, 0) is 0 Å². The number of fused-ring (bicyclic) bond motifs is 1. The minimum Gasteiger partial charge on any atom is -0.474 e. The van der Waals surface area contributed by atoms with Crippen LogP contribution in [0.1, 0.15) is 17.2 Å². The van der Waals surface area contributed by atoms with Crippen LogP contribution in [0.15, 0.2) is 91.1 Å². The number of ether oxygens (including phenoxy) is 1. The van der Waals surface area contributed by atoms with Crippen LogP contribution in [-0.4, -0.2) is 70.3 Å². The second-order valence-corrected chi connectivity index (χ2v) is 8.72. The molecule has 1 atom stereocenters. The van der Waals surface area contributed by atoms with Gasteiger partial charge in [-0.3, -0.25) is 9.80 Å². The van der Waals surface area contributed by atoms with E-state index in [9.17, 15) is 5.11 Å². The maximum Gasteiger partial charge on any atom is 0.232 e. The van der Waals surface area contributed by atoms with Crippen molar-refractivity contribution < 1.29 is 9.84 Å². The van der Waals surface area contributed by atoms with E-state index in [1.807, 2.05) is 24.3 Å². The molecule has 6 heteroatoms. The maximum absolute atomic E-state index is 10.6. The first-order valence-electron chi connectivity index (χ1n) is 11.9. The number of benzene rings is 3. The molecule has 0 amide bonds. The SMILES string of the molecule is OC(COc1cnc2ccccc2n1)CN1CCN(C(c2ccccc2)c2ccccc2)CC1. The molecule has 0 radical (unpaired) electrons. The average Bonchev–Trinajstić information content (AvgIpc) is 2.90. The first kappa shape index (κ1) is 22.5. The Kier molecular flexibility index (Phi) is 7.10. The Morgan fingerprint density at radius 2 is 1.35 bits per heavy atom. The lowest BCUT2D eigenvalue weighted by atomic mass is 9.96. The summed E-state index contributed by atoms with van der Waals surface area (Å²) in [5.41, 5.74) is 4.24. The fraction of sp³-hybridized carbons (Fsp3) is 0.286. The third-order valence-corrected chi connectivity index (χ3v) is 6.32. The molecule has 3 aromatic carbocycles. The molecule has 34 heavy (non-hydrogen) atoms. The van der Waals surface area contributed by atoms with Crippen LogP contribution in [0.3, 0.4) is 0 Å². The van der Waals surface area contributed by atoms with Gasteiger partial charge in [-0.05, 0) is 23.3 Å². The molecule has 2 heterocycles. The molecule has 0 aliphatic carbocycles. The monoisotopic (exact) mass is 454 g/mol. The van der Waals surface area contributed by atoms with Gasteiger partial charge in [0.05, 0.1) is 23.3 Å². The van der Waals surface area contributed by atoms with E-state index in [1.165, 1.54) is 11.1 Å². The summed E-state index contributed by atoms with van der Waals surface area (Å²) in [4.78, 5) is 13.7. The van der Waals surface area contributed by atoms with Crippen LogP contribution in [0.5, 0.6) is 5.88 Å². The molecule has 0 spiro atoms. The van der Waals surface area contributed by atoms with Crippen LogP contribution in [0.2, 0.25) is 0 Å². The van der Waals surface area contributed by atoms with Crippen molar-refractivity contribution in [2.75, 3.05) is 39.3 Å². The zero-order valence-corrected chi connectivity index (χ0v) is 19.2. The summed E-state index contributed by atoms with van der Waals surface area (Å²) >= 11 is 0. The van der Waals surface area contributed by atoms with Crippen molar-refractivity contribution in [3.05, 3.63) is 102 Å². The van der Waals surface area contributed by atoms with Crippen molar-refractivity contribution >= 4 is 11.0 Å². The summed E-state index contributed by atoms with van der Waals surface area (Å²) in [6, 6.07) is 29.3. The number of aliphatic hydroxyl groups is 1. The zero-order chi connectivity index (χ0) is 23.2. The van der Waals surface area contributed by atoms with Gasteiger partial charge in [0.2, 0.25) is 5.88 Å². The Morgan fingerprint density at radius 3 is 2.00 bits per heavy atom. The number of piperazine rings is 1. The fourth-order valence-corrected chi connectivity index (χ4v) is 4.63. The van der Waals surface area contributed by atoms with Gasteiger partial charge in [0.15, 0.2) is 0 Å². The average molecular weight is 455 g/mol. The molecule has 1 fully saturated rings. The van der Waals surface area contributed by atoms with Gasteiger partial charge in [0.1, 0.15) is 12.7 Å². The Labute approximate surface area is 200 Å². The van der Waals surface area contributed by atoms with Gasteiger partial charge in [-0.1, -0.05) is 72.8 Å². The predicted octanol–water partition coefficient (Wildman–Crippen LogP) is 3.78. The molecule has 1 N–H and O–H groups in total. The van der Waals surface area contributed by atoms with Gasteiger partial charge in [0, 0.05) is 32.7 Å². The summed E-state index contributed by atoms with van der Waals surface area (Å²) in [6.07, 6.45) is 1.03. The highest BCUT2D eigenvalue weighted by Crippen LogP contribution is 2.29. The van der Waals surface area contributed by atoms with Crippen molar-refractivity contribution in [2.24, 2.45) is 0 Å². The van der Waals surface area contributed by atoms with E-state index in [-0.39, 0.29) is 12.6 Å². The van der Waals surface area contributed by atoms with E-state index in [0.29, 0.717) is 12.4 Å². The normalized spacial score (nSPS) is 16.1. The number of rotatable bonds is 8. The van der Waals surface area contributed by atoms with Crippen molar-refractivity contribution in [3.63, 3.8) is 0 Å². The second kappa shape index (κ2) is 10.7. The molecule has 0 bridgehead atoms. The summed E-state index contributed by atoms with van der Waals surface area (Å²) in [7, 11) is 0. The van der Waals surface area contributed by atoms with Crippen molar-refractivity contribution in [1.82, 2.24) is 19.8 Å². The van der Waals surface area contributed by atoms with E-state index in [4.69, 9.17) is 4.74 Å². The van der Waals surface area contributed by atoms with E-state index in [2.05, 4.69) is 80.4 Å². The minimum atomic E-state index is -0.584. The number of nitrogens with zero attached hydrogens (tertiary/aromatic N) is 4. The summed E-state index contributed by atoms with van der Waals surface area (Å²) in [5, 5.41) is 10.6. The van der Waals surface area contributed by atoms with Gasteiger partial charge in [-0.2, -0.15) is 0 Å². The topological polar surface area (TPSA) is 61.7 Å². The molecule has 1 unspecified atom stereocenters. The molecular weight excluding hydrogens is 424 g/mol. The van der Waals surface area contributed by atoms with Crippen molar-refractivity contribution in [1.29, 1.82) is 0 Å². The number of β-amino-alcohol motifs (C(OH)–C–C–N with tert-alkyl or cyclic N) is 1. The standard InChI is InChI=1S/C28H30N4O2/c33-24(21-34-27-19-29-25-13-7-8-14-26(25)30-27)20-31-15-17-32(18-16-31)28(22-9-3-1-4-10-22)23-11-5-2-6-12-23/h1-14,19,24,28,33H,15-18,20-21H2. The van der Waals surface area contributed by atoms with Crippen LogP contribution < -0.4 is 4.74 Å². The second-order valence-electron chi connectivity index (χ2n) is 8.72. The molecule has 0 saturated carbocycles. The molecule has 4 aromatic rings. The highest BCUT2D eigenvalue weighted by Gasteiger charge is 2.27. The van der Waals surface area contributed by atoms with Crippen LogP contribution >= 0.6 is 0 Å². The first-order valence-corrected chi connectivity index (χ1v) is 11.9. The smallest absolute Gasteiger partial charge is 0.232 e. The van der Waals surface area contributed by atoms with E-state index >= 15 is 0 Å². The van der Waals surface area contributed by atoms with Gasteiger partial charge < -0.3 is 9.84 Å². The van der Waals surface area contributed by atoms with Crippen molar-refractivity contribution in [3.8, 4) is 5.88 Å². The Balaban J connectivity index is 1.15. The van der Waals surface area contributed by atoms with Gasteiger partial charge in [0.25, 0.3) is 0 Å². The summed E-state index contributed by atoms with van der Waals surface area (Å²) in [6.45, 7) is 4.47. The fourth-order valence-electron chi connectivity index (χ4n) is 4.63. The maximum atomic E-state index is 10.6. The third kappa shape index (κ3) is 5.42. The molecule has 5 rings (SSSR count). The highest BCUT2D eigenvalue weighted by atomic mass is 16.5. The van der Waals surface area contributed by atoms with Crippen LogP contribution in [0.25, 0.3) is 11.0 Å². The highest BCUT2D eigenvalue weighted by molar-refractivity contribution is 5.73. The number of hydrogen-bond acceptors (Lipinski definition) is 6. The quantitative estimate of drug-likeness (QED) is 0.437. The molecule has 1 aliphatic heterocycles. The minimum absolute atomic E-state index is 0.198.